The van der Waals surface area contributed by atoms with Gasteiger partial charge in [-0.25, -0.2) is 0 Å². The second-order valence-corrected chi connectivity index (χ2v) is 0.714. The second kappa shape index (κ2) is 4.93. The molecule has 3 nitrogen and oxygen atoms in total. The SMILES string of the molecule is [O-]P([O-])O.[Zn+2]. The Morgan fingerprint density at radius 3 is 1.40 bits per heavy atom. The first-order chi connectivity index (χ1) is 1.73. The van der Waals surface area contributed by atoms with Crippen molar-refractivity contribution < 1.29 is 34.2 Å². The van der Waals surface area contributed by atoms with Gasteiger partial charge in [0.25, 0.3) is 0 Å². The van der Waals surface area contributed by atoms with Gasteiger partial charge < -0.3 is 14.7 Å². The van der Waals surface area contributed by atoms with E-state index in [1.54, 1.807) is 0 Å². The number of hydrogen-bond donors (Lipinski definition) is 1. The molecule has 0 aromatic carbocycles. The summed E-state index contributed by atoms with van der Waals surface area (Å²) in [6, 6.07) is 0. The molecular formula is HO3PZn. The van der Waals surface area contributed by atoms with Crippen LogP contribution in [0.3, 0.4) is 0 Å². The molecule has 0 aliphatic carbocycles. The molecule has 0 saturated heterocycles. The average Bonchev–Trinajstić information content (AvgIpc) is 0.811. The van der Waals surface area contributed by atoms with Gasteiger partial charge in [-0.15, -0.1) is 0 Å². The van der Waals surface area contributed by atoms with Gasteiger partial charge in [-0.05, 0) is 0 Å². The maximum absolute atomic E-state index is 8.59. The van der Waals surface area contributed by atoms with Crippen LogP contribution in [0.15, 0.2) is 0 Å². The zero-order valence-electron chi connectivity index (χ0n) is 2.42. The predicted octanol–water partition coefficient (Wildman–Crippen LogP) is -2.08. The van der Waals surface area contributed by atoms with Crippen molar-refractivity contribution in [1.82, 2.24) is 0 Å². The maximum Gasteiger partial charge on any atom is 2.00 e. The van der Waals surface area contributed by atoms with Crippen LogP contribution < -0.4 is 9.79 Å². The van der Waals surface area contributed by atoms with Crippen LogP contribution in [-0.2, 0) is 19.5 Å². The molecule has 26 valence electrons. The van der Waals surface area contributed by atoms with E-state index in [0.717, 1.165) is 0 Å². The molecule has 0 unspecified atom stereocenters. The van der Waals surface area contributed by atoms with E-state index in [1.165, 1.54) is 0 Å². The fourth-order valence-corrected chi connectivity index (χ4v) is 0. The first-order valence-electron chi connectivity index (χ1n) is 0.565. The van der Waals surface area contributed by atoms with E-state index in [0.29, 0.717) is 0 Å². The first-order valence-corrected chi connectivity index (χ1v) is 1.70. The van der Waals surface area contributed by atoms with E-state index in [2.05, 4.69) is 0 Å². The molecule has 5 heavy (non-hydrogen) atoms. The summed E-state index contributed by atoms with van der Waals surface area (Å²) in [6.45, 7) is 0. The van der Waals surface area contributed by atoms with Crippen LogP contribution in [0, 0.1) is 0 Å². The average molecular weight is 145 g/mol. The fourth-order valence-electron chi connectivity index (χ4n) is 0. The van der Waals surface area contributed by atoms with Gasteiger partial charge in [0.15, 0.2) is 0 Å². The minimum absolute atomic E-state index is 0. The van der Waals surface area contributed by atoms with Crippen molar-refractivity contribution in [2.75, 3.05) is 0 Å². The molecule has 5 heteroatoms. The molecule has 0 rings (SSSR count). The third kappa shape index (κ3) is 48.7. The first kappa shape index (κ1) is 9.33. The van der Waals surface area contributed by atoms with Crippen molar-refractivity contribution >= 4 is 8.60 Å². The summed E-state index contributed by atoms with van der Waals surface area (Å²) in [7, 11) is -3.12. The van der Waals surface area contributed by atoms with Gasteiger partial charge in [-0.3, -0.25) is 0 Å². The second-order valence-electron chi connectivity index (χ2n) is 0.238. The summed E-state index contributed by atoms with van der Waals surface area (Å²) >= 11 is 0. The van der Waals surface area contributed by atoms with Gasteiger partial charge in [-0.2, -0.15) is 8.60 Å². The zero-order chi connectivity index (χ0) is 3.58. The smallest absolute Gasteiger partial charge is 0.820 e. The van der Waals surface area contributed by atoms with Crippen LogP contribution in [0.25, 0.3) is 0 Å². The van der Waals surface area contributed by atoms with E-state index >= 15 is 0 Å². The Morgan fingerprint density at radius 2 is 1.40 bits per heavy atom. The van der Waals surface area contributed by atoms with E-state index in [4.69, 9.17) is 14.7 Å². The zero-order valence-corrected chi connectivity index (χ0v) is 6.28. The summed E-state index contributed by atoms with van der Waals surface area (Å²) in [4.78, 5) is 24.2. The minimum atomic E-state index is -3.12. The molecule has 0 aliphatic rings. The van der Waals surface area contributed by atoms with Crippen LogP contribution in [-0.4, -0.2) is 4.89 Å². The fraction of sp³-hybridized carbons (Fsp3) is 0. The molecule has 0 aliphatic heterocycles. The number of rotatable bonds is 0. The van der Waals surface area contributed by atoms with Gasteiger partial charge in [0.2, 0.25) is 0 Å². The van der Waals surface area contributed by atoms with Crippen molar-refractivity contribution in [2.24, 2.45) is 0 Å². The molecule has 0 aromatic heterocycles. The molecule has 0 fully saturated rings. The van der Waals surface area contributed by atoms with Crippen molar-refractivity contribution in [3.8, 4) is 0 Å². The topological polar surface area (TPSA) is 66.3 Å². The van der Waals surface area contributed by atoms with Gasteiger partial charge in [0, 0.05) is 0 Å². The molecule has 0 heterocycles. The minimum Gasteiger partial charge on any atom is -0.820 e. The Bertz CT molecular complexity index is 11.6. The van der Waals surface area contributed by atoms with Crippen LogP contribution in [0.4, 0.5) is 0 Å². The largest absolute Gasteiger partial charge is 2.00 e. The van der Waals surface area contributed by atoms with Crippen molar-refractivity contribution in [2.45, 2.75) is 0 Å². The molecule has 0 amide bonds. The summed E-state index contributed by atoms with van der Waals surface area (Å²) in [6.07, 6.45) is 0. The normalized spacial score (nSPS) is 7.20. The van der Waals surface area contributed by atoms with Gasteiger partial charge in [0.05, 0.1) is 0 Å². The van der Waals surface area contributed by atoms with E-state index in [9.17, 15) is 0 Å². The van der Waals surface area contributed by atoms with Gasteiger partial charge in [-0.1, -0.05) is 0 Å². The molecular weight excluding hydrogens is 144 g/mol. The summed E-state index contributed by atoms with van der Waals surface area (Å²) in [5.74, 6) is 0. The Morgan fingerprint density at radius 1 is 1.40 bits per heavy atom. The Labute approximate surface area is 43.4 Å². The standard InChI is InChI=1S/HO3P.Zn/c1-4(2)3;/h1H;/q-2;+2. The van der Waals surface area contributed by atoms with Crippen molar-refractivity contribution in [1.29, 1.82) is 0 Å². The predicted molar refractivity (Wildman–Crippen MR) is 9.14 cm³/mol. The Kier molecular flexibility index (Phi) is 9.21. The van der Waals surface area contributed by atoms with Gasteiger partial charge >= 0.3 is 19.5 Å². The summed E-state index contributed by atoms with van der Waals surface area (Å²) in [5, 5.41) is 0. The van der Waals surface area contributed by atoms with E-state index < -0.39 is 8.60 Å². The quantitative estimate of drug-likeness (QED) is 0.314. The summed E-state index contributed by atoms with van der Waals surface area (Å²) < 4.78 is 0. The molecule has 0 spiro atoms. The van der Waals surface area contributed by atoms with Crippen LogP contribution >= 0.6 is 8.60 Å². The van der Waals surface area contributed by atoms with E-state index in [1.807, 2.05) is 0 Å². The van der Waals surface area contributed by atoms with Crippen molar-refractivity contribution in [3.05, 3.63) is 0 Å². The molecule has 0 atom stereocenters. The Balaban J connectivity index is 0. The maximum atomic E-state index is 8.59. The third-order valence-corrected chi connectivity index (χ3v) is 0. The summed E-state index contributed by atoms with van der Waals surface area (Å²) in [5.41, 5.74) is 0. The molecule has 0 saturated carbocycles. The monoisotopic (exact) mass is 144 g/mol. The molecule has 0 aromatic rings. The third-order valence-electron chi connectivity index (χ3n) is 0. The molecule has 0 bridgehead atoms. The molecule has 1 N–H and O–H groups in total. The number of hydrogen-bond acceptors (Lipinski definition) is 3. The Hall–Kier alpha value is 0.933. The van der Waals surface area contributed by atoms with Crippen molar-refractivity contribution in [3.63, 3.8) is 0 Å². The van der Waals surface area contributed by atoms with Gasteiger partial charge in [0.1, 0.15) is 0 Å². The van der Waals surface area contributed by atoms with Crippen LogP contribution in [0.5, 0.6) is 0 Å². The molecule has 0 radical (unpaired) electrons. The van der Waals surface area contributed by atoms with Crippen LogP contribution in [0.2, 0.25) is 0 Å². The van der Waals surface area contributed by atoms with Crippen LogP contribution in [0.1, 0.15) is 0 Å². The van der Waals surface area contributed by atoms with E-state index in [-0.39, 0.29) is 19.5 Å².